The smallest absolute Gasteiger partial charge is 0.187 e. The predicted octanol–water partition coefficient (Wildman–Crippen LogP) is 1.12. The third kappa shape index (κ3) is 7.37. The highest BCUT2D eigenvalue weighted by Gasteiger charge is 2.70. The summed E-state index contributed by atoms with van der Waals surface area (Å²) in [6.45, 7) is 15.6. The van der Waals surface area contributed by atoms with Gasteiger partial charge in [-0.05, 0) is 92.3 Å². The van der Waals surface area contributed by atoms with Crippen LogP contribution in [0.3, 0.4) is 0 Å². The van der Waals surface area contributed by atoms with Gasteiger partial charge < -0.3 is 70.0 Å². The van der Waals surface area contributed by atoms with Crippen LogP contribution in [0.5, 0.6) is 0 Å². The Hall–Kier alpha value is -0.820. The highest BCUT2D eigenvalue weighted by Crippen LogP contribution is 2.75. The summed E-state index contributed by atoms with van der Waals surface area (Å²) in [4.78, 5) is 0. The summed E-state index contributed by atoms with van der Waals surface area (Å²) in [5, 5.41) is 108. The molecule has 0 bridgehead atoms. The highest BCUT2D eigenvalue weighted by atomic mass is 16.7. The van der Waals surface area contributed by atoms with E-state index in [1.165, 1.54) is 25.8 Å². The number of aliphatic hydroxyl groups excluding tert-OH is 9. The molecule has 0 radical (unpaired) electrons. The Morgan fingerprint density at radius 1 is 0.821 bits per heavy atom. The third-order valence-corrected chi connectivity index (χ3v) is 16.5. The molecule has 56 heavy (non-hydrogen) atoms. The molecular formula is C42H72O14. The molecule has 2 saturated heterocycles. The van der Waals surface area contributed by atoms with Crippen LogP contribution in [-0.2, 0) is 18.9 Å². The van der Waals surface area contributed by atoms with E-state index in [0.29, 0.717) is 12.3 Å². The Labute approximate surface area is 331 Å². The molecule has 5 fully saturated rings. The molecule has 2 heterocycles. The fraction of sp³-hybridized carbons (Fsp3) is 0.952. The number of hydrogen-bond donors (Lipinski definition) is 10. The number of aliphatic hydroxyl groups is 10. The lowest BCUT2D eigenvalue weighted by Crippen LogP contribution is -2.64. The van der Waals surface area contributed by atoms with Gasteiger partial charge in [-0.25, -0.2) is 0 Å². The number of ether oxygens (including phenoxy) is 4. The van der Waals surface area contributed by atoms with Crippen molar-refractivity contribution in [2.75, 3.05) is 13.2 Å². The molecule has 0 aromatic rings. The van der Waals surface area contributed by atoms with Crippen molar-refractivity contribution >= 4 is 0 Å². The first-order valence-electron chi connectivity index (χ1n) is 21.0. The molecule has 0 aromatic heterocycles. The second-order valence-electron chi connectivity index (χ2n) is 20.3. The normalized spacial score (nSPS) is 49.6. The molecule has 20 atom stereocenters. The van der Waals surface area contributed by atoms with Crippen LogP contribution in [-0.4, -0.2) is 150 Å². The second-order valence-corrected chi connectivity index (χ2v) is 20.3. The molecule has 0 aromatic carbocycles. The van der Waals surface area contributed by atoms with E-state index in [-0.39, 0.29) is 45.8 Å². The van der Waals surface area contributed by atoms with Gasteiger partial charge in [-0.1, -0.05) is 59.6 Å². The molecule has 6 rings (SSSR count). The number of allylic oxidation sites excluding steroid dienone is 2. The van der Waals surface area contributed by atoms with Crippen LogP contribution in [0, 0.1) is 45.3 Å². The van der Waals surface area contributed by atoms with Gasteiger partial charge in [0.1, 0.15) is 48.8 Å². The van der Waals surface area contributed by atoms with E-state index in [2.05, 4.69) is 40.7 Å². The van der Waals surface area contributed by atoms with E-state index in [0.717, 1.165) is 32.1 Å². The van der Waals surface area contributed by atoms with E-state index in [4.69, 9.17) is 18.9 Å². The number of hydrogen-bond acceptors (Lipinski definition) is 14. The first kappa shape index (κ1) is 44.7. The van der Waals surface area contributed by atoms with Crippen molar-refractivity contribution in [2.45, 2.75) is 192 Å². The van der Waals surface area contributed by atoms with Crippen LogP contribution in [0.15, 0.2) is 11.6 Å². The molecule has 3 saturated carbocycles. The lowest BCUT2D eigenvalue weighted by molar-refractivity contribution is -0.342. The van der Waals surface area contributed by atoms with Crippen LogP contribution >= 0.6 is 0 Å². The van der Waals surface area contributed by atoms with E-state index >= 15 is 0 Å². The minimum atomic E-state index is -1.77. The zero-order chi connectivity index (χ0) is 41.5. The molecule has 0 spiro atoms. The van der Waals surface area contributed by atoms with Gasteiger partial charge >= 0.3 is 0 Å². The summed E-state index contributed by atoms with van der Waals surface area (Å²) >= 11 is 0. The van der Waals surface area contributed by atoms with Crippen molar-refractivity contribution in [3.05, 3.63) is 11.6 Å². The van der Waals surface area contributed by atoms with Crippen LogP contribution in [0.4, 0.5) is 0 Å². The monoisotopic (exact) mass is 800 g/mol. The molecular weight excluding hydrogens is 728 g/mol. The minimum Gasteiger partial charge on any atom is -0.394 e. The lowest BCUT2D eigenvalue weighted by Gasteiger charge is -2.67. The lowest BCUT2D eigenvalue weighted by atomic mass is 9.38. The fourth-order valence-corrected chi connectivity index (χ4v) is 12.6. The molecule has 0 amide bonds. The first-order chi connectivity index (χ1) is 25.9. The van der Waals surface area contributed by atoms with Gasteiger partial charge in [-0.3, -0.25) is 0 Å². The Morgan fingerprint density at radius 2 is 1.43 bits per heavy atom. The van der Waals surface area contributed by atoms with E-state index in [1.807, 2.05) is 6.92 Å². The van der Waals surface area contributed by atoms with Gasteiger partial charge in [-0.2, -0.15) is 0 Å². The molecule has 324 valence electrons. The highest BCUT2D eigenvalue weighted by molar-refractivity contribution is 5.30. The van der Waals surface area contributed by atoms with Crippen molar-refractivity contribution in [1.82, 2.24) is 0 Å². The van der Waals surface area contributed by atoms with Crippen molar-refractivity contribution < 1.29 is 70.0 Å². The topological polar surface area (TPSA) is 239 Å². The molecule has 14 heteroatoms. The Morgan fingerprint density at radius 3 is 2.05 bits per heavy atom. The standard InChI is InChI=1S/C42H72O14/c1-20(21-13-15-40(6)27-12-11-22-23(10-9-14-38(22,2)3)42(27,8)28(45)17-41(21,40)7)24(44)16-29(39(4,5)52)56-37-35(51)33(49)31(47)26(55-37)19-53-36-34(50)32(48)30(46)25(18-43)54-36/h11,20-21,23-37,43-52H,9-10,12-19H2,1-8H3/t20-,21+,23?,24?,25+,26+,27-,28?,29?,30+,31+,32-,33-,34+,35+,36+,37-,40-,41+,42-/m0/s1. The maximum Gasteiger partial charge on any atom is 0.187 e. The molecule has 4 aliphatic carbocycles. The molecule has 14 nitrogen and oxygen atoms in total. The van der Waals surface area contributed by atoms with Gasteiger partial charge in [0.05, 0.1) is 37.1 Å². The van der Waals surface area contributed by atoms with Crippen LogP contribution in [0.25, 0.3) is 0 Å². The number of rotatable bonds is 11. The van der Waals surface area contributed by atoms with Gasteiger partial charge in [-0.15, -0.1) is 0 Å². The fourth-order valence-electron chi connectivity index (χ4n) is 12.6. The maximum absolute atomic E-state index is 12.3. The molecule has 2 aliphatic heterocycles. The second kappa shape index (κ2) is 15.9. The van der Waals surface area contributed by atoms with E-state index < -0.39 is 98.5 Å². The molecule has 10 N–H and O–H groups in total. The maximum atomic E-state index is 12.3. The zero-order valence-corrected chi connectivity index (χ0v) is 34.6. The average molecular weight is 801 g/mol. The van der Waals surface area contributed by atoms with E-state index in [9.17, 15) is 51.1 Å². The zero-order valence-electron chi connectivity index (χ0n) is 34.6. The molecule has 6 aliphatic rings. The summed E-state index contributed by atoms with van der Waals surface area (Å²) in [5.41, 5.74) is -0.472. The van der Waals surface area contributed by atoms with Crippen LogP contribution in [0.2, 0.25) is 0 Å². The summed E-state index contributed by atoms with van der Waals surface area (Å²) in [5.74, 6) is 0.454. The Kier molecular flexibility index (Phi) is 12.7. The quantitative estimate of drug-likeness (QED) is 0.132. The predicted molar refractivity (Wildman–Crippen MR) is 202 cm³/mol. The largest absolute Gasteiger partial charge is 0.394 e. The first-order valence-corrected chi connectivity index (χ1v) is 21.0. The van der Waals surface area contributed by atoms with Crippen molar-refractivity contribution in [3.8, 4) is 0 Å². The summed E-state index contributed by atoms with van der Waals surface area (Å²) in [6.07, 6.45) is -9.11. The SMILES string of the molecule is C[C@H](C(O)CC(O[C@@H]1O[C@H](CO[C@@H]2O[C@H](CO)[C@@H](O)[C@H](O)[C@H]2O)[C@@H](O)[C@H](O)[C@H]1O)C(C)(C)O)[C@H]1CC[C@@]2(C)[C@@H]3CC=C4C(CCCC4(C)C)[C@]3(C)C(O)C[C@]12C. The minimum absolute atomic E-state index is 0.0435. The van der Waals surface area contributed by atoms with E-state index in [1.54, 1.807) is 0 Å². The van der Waals surface area contributed by atoms with Crippen molar-refractivity contribution in [2.24, 2.45) is 45.3 Å². The van der Waals surface area contributed by atoms with Gasteiger partial charge in [0.15, 0.2) is 12.6 Å². The summed E-state index contributed by atoms with van der Waals surface area (Å²) < 4.78 is 23.0. The average Bonchev–Trinajstić information content (AvgIpc) is 3.39. The van der Waals surface area contributed by atoms with Crippen molar-refractivity contribution in [1.29, 1.82) is 0 Å². The third-order valence-electron chi connectivity index (χ3n) is 16.5. The summed E-state index contributed by atoms with van der Waals surface area (Å²) in [7, 11) is 0. The van der Waals surface area contributed by atoms with Crippen LogP contribution < -0.4 is 0 Å². The van der Waals surface area contributed by atoms with Crippen LogP contribution in [0.1, 0.15) is 107 Å². The molecule has 4 unspecified atom stereocenters. The Balaban J connectivity index is 1.15. The number of fused-ring (bicyclic) bond motifs is 5. The summed E-state index contributed by atoms with van der Waals surface area (Å²) in [6, 6.07) is 0. The van der Waals surface area contributed by atoms with Gasteiger partial charge in [0, 0.05) is 11.8 Å². The van der Waals surface area contributed by atoms with Gasteiger partial charge in [0.25, 0.3) is 0 Å². The van der Waals surface area contributed by atoms with Crippen molar-refractivity contribution in [3.63, 3.8) is 0 Å². The Bertz CT molecular complexity index is 1400. The van der Waals surface area contributed by atoms with Gasteiger partial charge in [0.2, 0.25) is 0 Å².